The minimum Gasteiger partial charge on any atom is -0.380 e. The van der Waals surface area contributed by atoms with Gasteiger partial charge in [0.05, 0.1) is 36.2 Å². The molecule has 2 N–H and O–H groups in total. The van der Waals surface area contributed by atoms with Crippen LogP contribution >= 0.6 is 11.8 Å². The summed E-state index contributed by atoms with van der Waals surface area (Å²) in [6.45, 7) is 3.53. The Hall–Kier alpha value is -2.83. The Morgan fingerprint density at radius 3 is 3.00 bits per heavy atom. The van der Waals surface area contributed by atoms with Crippen LogP contribution in [-0.4, -0.2) is 65.2 Å². The molecule has 4 rings (SSSR count). The highest BCUT2D eigenvalue weighted by Gasteiger charge is 2.29. The van der Waals surface area contributed by atoms with Gasteiger partial charge in [-0.15, -0.1) is 11.8 Å². The Morgan fingerprint density at radius 1 is 1.30 bits per heavy atom. The van der Waals surface area contributed by atoms with Gasteiger partial charge >= 0.3 is 0 Å². The van der Waals surface area contributed by atoms with Crippen LogP contribution in [0.15, 0.2) is 30.5 Å². The lowest BCUT2D eigenvalue weighted by Gasteiger charge is -2.19. The molecule has 2 aliphatic heterocycles. The zero-order chi connectivity index (χ0) is 23.2. The number of anilines is 1. The summed E-state index contributed by atoms with van der Waals surface area (Å²) in [6, 6.07) is 9.38. The van der Waals surface area contributed by atoms with E-state index in [1.54, 1.807) is 12.3 Å². The zero-order valence-electron chi connectivity index (χ0n) is 18.8. The minimum absolute atomic E-state index is 0.142. The van der Waals surface area contributed by atoms with Crippen molar-refractivity contribution in [3.8, 4) is 6.07 Å². The number of carbonyl (C=O) groups is 2. The number of carbonyl (C=O) groups excluding carboxylic acids is 2. The fourth-order valence-corrected chi connectivity index (χ4v) is 5.34. The van der Waals surface area contributed by atoms with E-state index in [9.17, 15) is 14.9 Å². The van der Waals surface area contributed by atoms with E-state index in [1.807, 2.05) is 18.2 Å². The Labute approximate surface area is 198 Å². The quantitative estimate of drug-likeness (QED) is 0.672. The van der Waals surface area contributed by atoms with Crippen LogP contribution in [0.3, 0.4) is 0 Å². The lowest BCUT2D eigenvalue weighted by atomic mass is 9.99. The SMILES string of the molecule is CCC1CCC(Nc2ccc3nccc(C(=O)NCC(=O)N4CSCC4C#N)c3c2)COC1. The number of aromatic nitrogens is 1. The monoisotopic (exact) mass is 467 g/mol. The molecule has 3 heterocycles. The number of pyridine rings is 1. The summed E-state index contributed by atoms with van der Waals surface area (Å²) >= 11 is 1.54. The van der Waals surface area contributed by atoms with Crippen LogP contribution in [0.4, 0.5) is 5.69 Å². The molecule has 2 amide bonds. The molecule has 174 valence electrons. The van der Waals surface area contributed by atoms with Gasteiger partial charge in [-0.1, -0.05) is 13.3 Å². The Kier molecular flexibility index (Phi) is 7.68. The van der Waals surface area contributed by atoms with Gasteiger partial charge in [0.1, 0.15) is 6.04 Å². The highest BCUT2D eigenvalue weighted by Crippen LogP contribution is 2.25. The molecule has 9 heteroatoms. The maximum Gasteiger partial charge on any atom is 0.252 e. The topological polar surface area (TPSA) is 107 Å². The molecule has 2 saturated heterocycles. The van der Waals surface area contributed by atoms with Crippen LogP contribution < -0.4 is 10.6 Å². The van der Waals surface area contributed by atoms with E-state index in [0.29, 0.717) is 35.2 Å². The second kappa shape index (κ2) is 10.9. The van der Waals surface area contributed by atoms with Crippen molar-refractivity contribution in [1.29, 1.82) is 5.26 Å². The molecule has 3 unspecified atom stereocenters. The molecule has 1 aromatic heterocycles. The van der Waals surface area contributed by atoms with Crippen LogP contribution in [0.25, 0.3) is 10.9 Å². The third kappa shape index (κ3) is 5.57. The average molecular weight is 468 g/mol. The summed E-state index contributed by atoms with van der Waals surface area (Å²) in [4.78, 5) is 31.3. The molecule has 33 heavy (non-hydrogen) atoms. The number of rotatable bonds is 6. The molecule has 3 atom stereocenters. The van der Waals surface area contributed by atoms with Crippen molar-refractivity contribution in [2.75, 3.05) is 36.7 Å². The Bertz CT molecular complexity index is 1060. The van der Waals surface area contributed by atoms with E-state index >= 15 is 0 Å². The fourth-order valence-electron chi connectivity index (χ4n) is 4.23. The van der Waals surface area contributed by atoms with Gasteiger partial charge in [-0.25, -0.2) is 0 Å². The molecule has 0 saturated carbocycles. The average Bonchev–Trinajstić information content (AvgIpc) is 3.21. The highest BCUT2D eigenvalue weighted by molar-refractivity contribution is 7.99. The number of amides is 2. The predicted octanol–water partition coefficient (Wildman–Crippen LogP) is 3.01. The van der Waals surface area contributed by atoms with Crippen LogP contribution in [-0.2, 0) is 9.53 Å². The Morgan fingerprint density at radius 2 is 2.18 bits per heavy atom. The van der Waals surface area contributed by atoms with Gasteiger partial charge in [-0.05, 0) is 43.0 Å². The first-order valence-corrected chi connectivity index (χ1v) is 12.5. The second-order valence-corrected chi connectivity index (χ2v) is 9.51. The van der Waals surface area contributed by atoms with Crippen molar-refractivity contribution in [1.82, 2.24) is 15.2 Å². The molecule has 0 bridgehead atoms. The molecule has 0 aliphatic carbocycles. The summed E-state index contributed by atoms with van der Waals surface area (Å²) in [5, 5.41) is 16.2. The number of fused-ring (bicyclic) bond motifs is 1. The number of hydrogen-bond acceptors (Lipinski definition) is 7. The fraction of sp³-hybridized carbons (Fsp3) is 0.500. The van der Waals surface area contributed by atoms with Crippen molar-refractivity contribution in [2.45, 2.75) is 38.3 Å². The molecule has 2 aliphatic rings. The molecule has 2 fully saturated rings. The van der Waals surface area contributed by atoms with Gasteiger partial charge in [-0.2, -0.15) is 5.26 Å². The van der Waals surface area contributed by atoms with E-state index in [4.69, 9.17) is 4.74 Å². The molecule has 0 radical (unpaired) electrons. The molecule has 8 nitrogen and oxygen atoms in total. The van der Waals surface area contributed by atoms with Gasteiger partial charge in [0.2, 0.25) is 5.91 Å². The lowest BCUT2D eigenvalue weighted by Crippen LogP contribution is -2.42. The van der Waals surface area contributed by atoms with E-state index in [0.717, 1.165) is 36.9 Å². The normalized spacial score (nSPS) is 23.0. The Balaban J connectivity index is 1.44. The van der Waals surface area contributed by atoms with Gasteiger partial charge in [0.15, 0.2) is 0 Å². The third-order valence-corrected chi connectivity index (χ3v) is 7.29. The molecule has 2 aromatic rings. The van der Waals surface area contributed by atoms with E-state index in [-0.39, 0.29) is 24.4 Å². The summed E-state index contributed by atoms with van der Waals surface area (Å²) in [6.07, 6.45) is 4.90. The number of nitriles is 1. The van der Waals surface area contributed by atoms with Crippen molar-refractivity contribution in [3.05, 3.63) is 36.0 Å². The van der Waals surface area contributed by atoms with Gasteiger partial charge < -0.3 is 20.3 Å². The summed E-state index contributed by atoms with van der Waals surface area (Å²) in [7, 11) is 0. The van der Waals surface area contributed by atoms with Crippen molar-refractivity contribution in [3.63, 3.8) is 0 Å². The standard InChI is InChI=1S/C24H29N5O3S/c1-2-16-3-4-18(13-32-12-16)28-17-5-6-22-21(9-17)20(7-8-26-22)24(31)27-11-23(30)29-15-33-14-19(29)10-25/h5-9,16,18-19,28H,2-4,11-15H2,1H3,(H,27,31). The maximum atomic E-state index is 12.9. The summed E-state index contributed by atoms with van der Waals surface area (Å²) in [5.41, 5.74) is 2.09. The van der Waals surface area contributed by atoms with Crippen molar-refractivity contribution in [2.24, 2.45) is 5.92 Å². The first kappa shape index (κ1) is 23.3. The largest absolute Gasteiger partial charge is 0.380 e. The highest BCUT2D eigenvalue weighted by atomic mass is 32.2. The van der Waals surface area contributed by atoms with E-state index in [2.05, 4.69) is 28.6 Å². The first-order valence-electron chi connectivity index (χ1n) is 11.4. The van der Waals surface area contributed by atoms with E-state index < -0.39 is 6.04 Å². The van der Waals surface area contributed by atoms with Gasteiger partial charge in [-0.3, -0.25) is 14.6 Å². The lowest BCUT2D eigenvalue weighted by molar-refractivity contribution is -0.129. The predicted molar refractivity (Wildman–Crippen MR) is 129 cm³/mol. The van der Waals surface area contributed by atoms with Gasteiger partial charge in [0, 0.05) is 35.7 Å². The summed E-state index contributed by atoms with van der Waals surface area (Å²) < 4.78 is 5.85. The van der Waals surface area contributed by atoms with Crippen LogP contribution in [0.5, 0.6) is 0 Å². The molecular weight excluding hydrogens is 438 g/mol. The third-order valence-electron chi connectivity index (χ3n) is 6.28. The molecule has 0 spiro atoms. The number of hydrogen-bond donors (Lipinski definition) is 2. The zero-order valence-corrected chi connectivity index (χ0v) is 19.6. The van der Waals surface area contributed by atoms with Crippen LogP contribution in [0, 0.1) is 17.2 Å². The number of benzene rings is 1. The van der Waals surface area contributed by atoms with Gasteiger partial charge in [0.25, 0.3) is 5.91 Å². The smallest absolute Gasteiger partial charge is 0.252 e. The summed E-state index contributed by atoms with van der Waals surface area (Å²) in [5.74, 6) is 1.10. The van der Waals surface area contributed by atoms with Crippen LogP contribution in [0.1, 0.15) is 36.5 Å². The number of ether oxygens (including phenoxy) is 1. The second-order valence-electron chi connectivity index (χ2n) is 8.51. The number of thioether (sulfide) groups is 1. The van der Waals surface area contributed by atoms with Crippen molar-refractivity contribution >= 4 is 40.2 Å². The van der Waals surface area contributed by atoms with Crippen LogP contribution in [0.2, 0.25) is 0 Å². The minimum atomic E-state index is -0.435. The first-order chi connectivity index (χ1) is 16.1. The maximum absolute atomic E-state index is 12.9. The number of nitrogens with zero attached hydrogens (tertiary/aromatic N) is 3. The number of nitrogens with one attached hydrogen (secondary N) is 2. The molecular formula is C24H29N5O3S. The molecule has 1 aromatic carbocycles. The van der Waals surface area contributed by atoms with Crippen molar-refractivity contribution < 1.29 is 14.3 Å². The van der Waals surface area contributed by atoms with E-state index in [1.165, 1.54) is 16.7 Å².